The van der Waals surface area contributed by atoms with Gasteiger partial charge in [0.15, 0.2) is 5.16 Å². The molecule has 0 saturated carbocycles. The van der Waals surface area contributed by atoms with E-state index in [-0.39, 0.29) is 5.75 Å². The average Bonchev–Trinajstić information content (AvgIpc) is 2.97. The molecule has 24 heavy (non-hydrogen) atoms. The van der Waals surface area contributed by atoms with E-state index in [0.29, 0.717) is 16.6 Å². The Morgan fingerprint density at radius 3 is 2.46 bits per heavy atom. The summed E-state index contributed by atoms with van der Waals surface area (Å²) in [7, 11) is 0. The first kappa shape index (κ1) is 16.5. The summed E-state index contributed by atoms with van der Waals surface area (Å²) in [5.74, 6) is 0.544. The first-order chi connectivity index (χ1) is 11.6. The zero-order chi connectivity index (χ0) is 16.9. The van der Waals surface area contributed by atoms with Crippen molar-refractivity contribution >= 4 is 29.3 Å². The van der Waals surface area contributed by atoms with Crippen LogP contribution in [0.5, 0.6) is 0 Å². The first-order valence-corrected chi connectivity index (χ1v) is 8.65. The van der Waals surface area contributed by atoms with E-state index < -0.39 is 5.91 Å². The minimum Gasteiger partial charge on any atom is -0.369 e. The second-order valence-corrected chi connectivity index (χ2v) is 6.51. The van der Waals surface area contributed by atoms with Crippen molar-refractivity contribution in [2.45, 2.75) is 11.6 Å². The smallest absolute Gasteiger partial charge is 0.227 e. The zero-order valence-corrected chi connectivity index (χ0v) is 14.3. The fourth-order valence-electron chi connectivity index (χ4n) is 2.27. The number of nitrogens with zero attached hydrogens (tertiary/aromatic N) is 3. The van der Waals surface area contributed by atoms with E-state index in [1.54, 1.807) is 0 Å². The minimum atomic E-state index is -0.393. The molecule has 2 N–H and O–H groups in total. The van der Waals surface area contributed by atoms with Crippen LogP contribution < -0.4 is 5.73 Å². The van der Waals surface area contributed by atoms with Crippen molar-refractivity contribution in [3.05, 3.63) is 71.0 Å². The Morgan fingerprint density at radius 2 is 1.79 bits per heavy atom. The summed E-state index contributed by atoms with van der Waals surface area (Å²) >= 11 is 7.25. The van der Waals surface area contributed by atoms with Crippen LogP contribution >= 0.6 is 23.4 Å². The summed E-state index contributed by atoms with van der Waals surface area (Å²) in [6, 6.07) is 17.4. The van der Waals surface area contributed by atoms with Crippen LogP contribution in [-0.4, -0.2) is 26.4 Å². The summed E-state index contributed by atoms with van der Waals surface area (Å²) in [6.07, 6.45) is 0.633. The molecule has 0 bridgehead atoms. The van der Waals surface area contributed by atoms with Crippen LogP contribution in [0.25, 0.3) is 5.69 Å². The number of hydrogen-bond donors (Lipinski definition) is 1. The van der Waals surface area contributed by atoms with Gasteiger partial charge in [-0.1, -0.05) is 53.7 Å². The maximum Gasteiger partial charge on any atom is 0.227 e. The van der Waals surface area contributed by atoms with Gasteiger partial charge in [0.1, 0.15) is 5.82 Å². The molecule has 1 aromatic heterocycles. The third-order valence-electron chi connectivity index (χ3n) is 3.33. The molecular formula is C17H15ClN4OS. The molecule has 2 aromatic carbocycles. The number of rotatable bonds is 6. The predicted molar refractivity (Wildman–Crippen MR) is 95.5 cm³/mol. The highest BCUT2D eigenvalue weighted by Gasteiger charge is 2.15. The Labute approximate surface area is 148 Å². The number of amides is 1. The van der Waals surface area contributed by atoms with Crippen molar-refractivity contribution in [3.63, 3.8) is 0 Å². The molecule has 3 rings (SSSR count). The Bertz CT molecular complexity index is 834. The Kier molecular flexibility index (Phi) is 5.17. The third kappa shape index (κ3) is 3.96. The number of thioether (sulfide) groups is 1. The van der Waals surface area contributed by atoms with Crippen molar-refractivity contribution in [2.24, 2.45) is 5.73 Å². The molecule has 0 aliphatic carbocycles. The molecule has 0 fully saturated rings. The Balaban J connectivity index is 1.98. The normalized spacial score (nSPS) is 10.7. The number of aromatic nitrogens is 3. The number of benzene rings is 2. The van der Waals surface area contributed by atoms with E-state index in [1.165, 1.54) is 11.8 Å². The van der Waals surface area contributed by atoms with Crippen LogP contribution in [0, 0.1) is 0 Å². The summed E-state index contributed by atoms with van der Waals surface area (Å²) in [4.78, 5) is 11.1. The first-order valence-electron chi connectivity index (χ1n) is 7.29. The summed E-state index contributed by atoms with van der Waals surface area (Å²) in [6.45, 7) is 0. The number of carbonyl (C=O) groups is 1. The summed E-state index contributed by atoms with van der Waals surface area (Å²) < 4.78 is 1.93. The number of carbonyl (C=O) groups excluding carboxylic acids is 1. The molecule has 0 radical (unpaired) electrons. The van der Waals surface area contributed by atoms with Crippen LogP contribution in [0.2, 0.25) is 5.02 Å². The molecule has 0 aliphatic heterocycles. The topological polar surface area (TPSA) is 73.8 Å². The molecule has 1 amide bonds. The van der Waals surface area contributed by atoms with Gasteiger partial charge in [0.2, 0.25) is 5.91 Å². The highest BCUT2D eigenvalue weighted by molar-refractivity contribution is 7.99. The Hall–Kier alpha value is -2.31. The lowest BCUT2D eigenvalue weighted by molar-refractivity contribution is -0.115. The fraction of sp³-hybridized carbons (Fsp3) is 0.118. The number of primary amides is 1. The van der Waals surface area contributed by atoms with Crippen molar-refractivity contribution in [2.75, 3.05) is 5.75 Å². The van der Waals surface area contributed by atoms with E-state index in [2.05, 4.69) is 10.2 Å². The molecule has 0 spiro atoms. The van der Waals surface area contributed by atoms with E-state index in [0.717, 1.165) is 17.1 Å². The highest BCUT2D eigenvalue weighted by atomic mass is 35.5. The molecule has 0 saturated heterocycles. The van der Waals surface area contributed by atoms with Gasteiger partial charge in [-0.2, -0.15) is 0 Å². The maximum atomic E-state index is 11.1. The van der Waals surface area contributed by atoms with Crippen molar-refractivity contribution < 1.29 is 4.79 Å². The van der Waals surface area contributed by atoms with Crippen LogP contribution in [0.1, 0.15) is 11.4 Å². The number of hydrogen-bond acceptors (Lipinski definition) is 4. The zero-order valence-electron chi connectivity index (χ0n) is 12.7. The van der Waals surface area contributed by atoms with Gasteiger partial charge in [-0.3, -0.25) is 9.36 Å². The highest BCUT2D eigenvalue weighted by Crippen LogP contribution is 2.24. The van der Waals surface area contributed by atoms with Gasteiger partial charge in [-0.05, 0) is 29.8 Å². The van der Waals surface area contributed by atoms with Crippen molar-refractivity contribution in [3.8, 4) is 5.69 Å². The largest absolute Gasteiger partial charge is 0.369 e. The second-order valence-electron chi connectivity index (χ2n) is 5.13. The lowest BCUT2D eigenvalue weighted by Crippen LogP contribution is -2.14. The van der Waals surface area contributed by atoms with Crippen LogP contribution in [0.3, 0.4) is 0 Å². The van der Waals surface area contributed by atoms with Crippen molar-refractivity contribution in [1.29, 1.82) is 0 Å². The maximum absolute atomic E-state index is 11.1. The van der Waals surface area contributed by atoms with Gasteiger partial charge in [0.25, 0.3) is 0 Å². The summed E-state index contributed by atoms with van der Waals surface area (Å²) in [5.41, 5.74) is 7.27. The van der Waals surface area contributed by atoms with Gasteiger partial charge >= 0.3 is 0 Å². The van der Waals surface area contributed by atoms with Crippen LogP contribution in [-0.2, 0) is 11.2 Å². The van der Waals surface area contributed by atoms with E-state index in [4.69, 9.17) is 17.3 Å². The quantitative estimate of drug-likeness (QED) is 0.687. The number of nitrogens with two attached hydrogens (primary N) is 1. The molecular weight excluding hydrogens is 344 g/mol. The molecule has 0 atom stereocenters. The van der Waals surface area contributed by atoms with Gasteiger partial charge in [0.05, 0.1) is 5.75 Å². The van der Waals surface area contributed by atoms with Gasteiger partial charge < -0.3 is 5.73 Å². The predicted octanol–water partition coefficient (Wildman–Crippen LogP) is 3.09. The summed E-state index contributed by atoms with van der Waals surface area (Å²) in [5, 5.41) is 9.80. The average molecular weight is 359 g/mol. The molecule has 0 aliphatic rings. The fourth-order valence-corrected chi connectivity index (χ4v) is 3.11. The minimum absolute atomic E-state index is 0.150. The van der Waals surface area contributed by atoms with E-state index >= 15 is 0 Å². The second kappa shape index (κ2) is 7.51. The van der Waals surface area contributed by atoms with Gasteiger partial charge in [-0.15, -0.1) is 10.2 Å². The van der Waals surface area contributed by atoms with Crippen LogP contribution in [0.4, 0.5) is 0 Å². The monoisotopic (exact) mass is 358 g/mol. The van der Waals surface area contributed by atoms with Gasteiger partial charge in [-0.25, -0.2) is 0 Å². The molecule has 1 heterocycles. The van der Waals surface area contributed by atoms with E-state index in [9.17, 15) is 4.79 Å². The Morgan fingerprint density at radius 1 is 1.08 bits per heavy atom. The SMILES string of the molecule is NC(=O)CSc1nnc(Cc2ccccc2)n1-c1ccc(Cl)cc1. The third-order valence-corrected chi connectivity index (χ3v) is 4.54. The molecule has 0 unspecified atom stereocenters. The molecule has 5 nitrogen and oxygen atoms in total. The lowest BCUT2D eigenvalue weighted by Gasteiger charge is -2.10. The van der Waals surface area contributed by atoms with Gasteiger partial charge in [0, 0.05) is 17.1 Å². The van der Waals surface area contributed by atoms with Crippen LogP contribution in [0.15, 0.2) is 59.8 Å². The van der Waals surface area contributed by atoms with E-state index in [1.807, 2.05) is 59.2 Å². The number of halogens is 1. The molecule has 3 aromatic rings. The molecule has 7 heteroatoms. The standard InChI is InChI=1S/C17H15ClN4OS/c18-13-6-8-14(9-7-13)22-16(10-12-4-2-1-3-5-12)20-21-17(22)24-11-15(19)23/h1-9H,10-11H2,(H2,19,23). The van der Waals surface area contributed by atoms with Crippen molar-refractivity contribution in [1.82, 2.24) is 14.8 Å². The lowest BCUT2D eigenvalue weighted by atomic mass is 10.1. The molecule has 122 valence electrons.